The monoisotopic (exact) mass is 185 g/mol. The third kappa shape index (κ3) is 1.96. The van der Waals surface area contributed by atoms with Gasteiger partial charge < -0.3 is 15.9 Å². The van der Waals surface area contributed by atoms with Gasteiger partial charge in [0.25, 0.3) is 0 Å². The van der Waals surface area contributed by atoms with E-state index in [1.165, 1.54) is 25.1 Å². The fourth-order valence-corrected chi connectivity index (χ4v) is 1.05. The van der Waals surface area contributed by atoms with Crippen LogP contribution in [0.15, 0.2) is 18.2 Å². The molecule has 0 aromatic heterocycles. The Morgan fingerprint density at radius 2 is 2.08 bits per heavy atom. The number of aromatic hydroxyl groups is 1. The lowest BCUT2D eigenvalue weighted by Crippen LogP contribution is -2.24. The highest BCUT2D eigenvalue weighted by Crippen LogP contribution is 2.24. The van der Waals surface area contributed by atoms with E-state index in [0.717, 1.165) is 0 Å². The predicted molar refractivity (Wildman–Crippen MR) is 46.7 cm³/mol. The molecule has 0 bridgehead atoms. The average molecular weight is 185 g/mol. The first-order chi connectivity index (χ1) is 6.04. The number of aliphatic hydroxyl groups is 1. The second-order valence-corrected chi connectivity index (χ2v) is 2.95. The summed E-state index contributed by atoms with van der Waals surface area (Å²) in [5.74, 6) is -1.22. The highest BCUT2D eigenvalue weighted by Gasteiger charge is 2.17. The summed E-state index contributed by atoms with van der Waals surface area (Å²) in [4.78, 5) is 0. The molecule has 0 fully saturated rings. The van der Waals surface area contributed by atoms with Crippen molar-refractivity contribution in [1.82, 2.24) is 0 Å². The Morgan fingerprint density at radius 1 is 1.46 bits per heavy atom. The molecule has 0 aliphatic heterocycles. The second kappa shape index (κ2) is 3.72. The van der Waals surface area contributed by atoms with E-state index in [-0.39, 0.29) is 5.56 Å². The number of hydrogen-bond acceptors (Lipinski definition) is 3. The molecule has 72 valence electrons. The summed E-state index contributed by atoms with van der Waals surface area (Å²) in [6, 6.07) is 3.34. The molecule has 2 atom stereocenters. The van der Waals surface area contributed by atoms with E-state index in [4.69, 9.17) is 15.9 Å². The molecule has 0 unspecified atom stereocenters. The van der Waals surface area contributed by atoms with Gasteiger partial charge in [0.2, 0.25) is 0 Å². The maximum Gasteiger partial charge on any atom is 0.169 e. The van der Waals surface area contributed by atoms with E-state index in [9.17, 15) is 4.39 Å². The van der Waals surface area contributed by atoms with Crippen molar-refractivity contribution in [3.63, 3.8) is 0 Å². The number of rotatable bonds is 2. The predicted octanol–water partition coefficient (Wildman–Crippen LogP) is 0.912. The van der Waals surface area contributed by atoms with Crippen molar-refractivity contribution in [3.05, 3.63) is 29.6 Å². The molecule has 1 aromatic carbocycles. The van der Waals surface area contributed by atoms with Crippen LogP contribution in [-0.4, -0.2) is 16.3 Å². The average Bonchev–Trinajstić information content (AvgIpc) is 2.08. The quantitative estimate of drug-likeness (QED) is 0.641. The van der Waals surface area contributed by atoms with E-state index in [0.29, 0.717) is 0 Å². The Hall–Kier alpha value is -1.13. The van der Waals surface area contributed by atoms with Crippen LogP contribution in [0.4, 0.5) is 4.39 Å². The molecule has 4 heteroatoms. The molecule has 0 spiro atoms. The van der Waals surface area contributed by atoms with Crippen LogP contribution in [-0.2, 0) is 0 Å². The first-order valence-electron chi connectivity index (χ1n) is 3.95. The maximum atomic E-state index is 13.2. The van der Waals surface area contributed by atoms with Crippen molar-refractivity contribution < 1.29 is 14.6 Å². The standard InChI is InChI=1S/C9H12FNO2/c1-5(12)9(11)6-3-2-4-7(13)8(6)10/h2-5,9,12-13H,11H2,1H3/t5-,9+/m1/s1. The summed E-state index contributed by atoms with van der Waals surface area (Å²) in [6.45, 7) is 1.47. The van der Waals surface area contributed by atoms with Crippen LogP contribution in [0, 0.1) is 5.82 Å². The number of hydrogen-bond donors (Lipinski definition) is 3. The van der Waals surface area contributed by atoms with Gasteiger partial charge in [0.1, 0.15) is 0 Å². The van der Waals surface area contributed by atoms with Crippen LogP contribution in [0.3, 0.4) is 0 Å². The maximum absolute atomic E-state index is 13.2. The molecule has 0 saturated carbocycles. The van der Waals surface area contributed by atoms with Crippen molar-refractivity contribution in [2.75, 3.05) is 0 Å². The number of phenolic OH excluding ortho intramolecular Hbond substituents is 1. The fourth-order valence-electron chi connectivity index (χ4n) is 1.05. The molecular formula is C9H12FNO2. The van der Waals surface area contributed by atoms with Crippen molar-refractivity contribution >= 4 is 0 Å². The Kier molecular flexibility index (Phi) is 2.85. The third-order valence-corrected chi connectivity index (χ3v) is 1.89. The Morgan fingerprint density at radius 3 is 2.62 bits per heavy atom. The van der Waals surface area contributed by atoms with Gasteiger partial charge in [-0.25, -0.2) is 4.39 Å². The third-order valence-electron chi connectivity index (χ3n) is 1.89. The topological polar surface area (TPSA) is 66.5 Å². The van der Waals surface area contributed by atoms with Crippen molar-refractivity contribution in [2.24, 2.45) is 5.73 Å². The van der Waals surface area contributed by atoms with E-state index in [1.54, 1.807) is 0 Å². The van der Waals surface area contributed by atoms with Gasteiger partial charge in [-0.15, -0.1) is 0 Å². The molecule has 1 rings (SSSR count). The molecule has 3 nitrogen and oxygen atoms in total. The lowest BCUT2D eigenvalue weighted by molar-refractivity contribution is 0.162. The minimum Gasteiger partial charge on any atom is -0.505 e. The molecular weight excluding hydrogens is 173 g/mol. The van der Waals surface area contributed by atoms with Crippen molar-refractivity contribution in [2.45, 2.75) is 19.1 Å². The lowest BCUT2D eigenvalue weighted by Gasteiger charge is -2.15. The number of phenols is 1. The van der Waals surface area contributed by atoms with Gasteiger partial charge in [-0.05, 0) is 13.0 Å². The molecule has 13 heavy (non-hydrogen) atoms. The van der Waals surface area contributed by atoms with Gasteiger partial charge in [-0.2, -0.15) is 0 Å². The SMILES string of the molecule is C[C@@H](O)[C@H](N)c1cccc(O)c1F. The Balaban J connectivity index is 3.07. The van der Waals surface area contributed by atoms with Crippen LogP contribution in [0.5, 0.6) is 5.75 Å². The number of nitrogens with two attached hydrogens (primary N) is 1. The van der Waals surface area contributed by atoms with Crippen molar-refractivity contribution in [1.29, 1.82) is 0 Å². The van der Waals surface area contributed by atoms with E-state index in [2.05, 4.69) is 0 Å². The van der Waals surface area contributed by atoms with Crippen LogP contribution in [0.1, 0.15) is 18.5 Å². The van der Waals surface area contributed by atoms with Crippen molar-refractivity contribution in [3.8, 4) is 5.75 Å². The summed E-state index contributed by atoms with van der Waals surface area (Å²) in [7, 11) is 0. The van der Waals surface area contributed by atoms with E-state index >= 15 is 0 Å². The summed E-state index contributed by atoms with van der Waals surface area (Å²) in [5.41, 5.74) is 5.63. The van der Waals surface area contributed by atoms with Crippen LogP contribution >= 0.6 is 0 Å². The van der Waals surface area contributed by atoms with Gasteiger partial charge in [0.15, 0.2) is 11.6 Å². The molecule has 0 saturated heterocycles. The molecule has 0 radical (unpaired) electrons. The molecule has 1 aromatic rings. The lowest BCUT2D eigenvalue weighted by atomic mass is 10.0. The van der Waals surface area contributed by atoms with Crippen LogP contribution in [0.2, 0.25) is 0 Å². The Bertz CT molecular complexity index is 302. The van der Waals surface area contributed by atoms with E-state index < -0.39 is 23.7 Å². The smallest absolute Gasteiger partial charge is 0.169 e. The molecule has 0 aliphatic carbocycles. The summed E-state index contributed by atoms with van der Waals surface area (Å²) < 4.78 is 13.2. The highest BCUT2D eigenvalue weighted by molar-refractivity contribution is 5.32. The molecule has 0 aliphatic rings. The first kappa shape index (κ1) is 9.95. The summed E-state index contributed by atoms with van der Waals surface area (Å²) in [5, 5.41) is 18.1. The van der Waals surface area contributed by atoms with Gasteiger partial charge in [0.05, 0.1) is 12.1 Å². The first-order valence-corrected chi connectivity index (χ1v) is 3.95. The van der Waals surface area contributed by atoms with Crippen LogP contribution in [0.25, 0.3) is 0 Å². The van der Waals surface area contributed by atoms with Gasteiger partial charge in [-0.3, -0.25) is 0 Å². The molecule has 0 amide bonds. The highest BCUT2D eigenvalue weighted by atomic mass is 19.1. The summed E-state index contributed by atoms with van der Waals surface area (Å²) >= 11 is 0. The zero-order chi connectivity index (χ0) is 10.0. The van der Waals surface area contributed by atoms with Gasteiger partial charge in [-0.1, -0.05) is 12.1 Å². The Labute approximate surface area is 75.6 Å². The van der Waals surface area contributed by atoms with Gasteiger partial charge in [0, 0.05) is 5.56 Å². The molecule has 0 heterocycles. The zero-order valence-electron chi connectivity index (χ0n) is 7.24. The van der Waals surface area contributed by atoms with Crippen LogP contribution < -0.4 is 5.73 Å². The number of aliphatic hydroxyl groups excluding tert-OH is 1. The second-order valence-electron chi connectivity index (χ2n) is 2.95. The number of benzene rings is 1. The minimum absolute atomic E-state index is 0.120. The molecule has 4 N–H and O–H groups in total. The normalized spacial score (nSPS) is 15.4. The largest absolute Gasteiger partial charge is 0.505 e. The van der Waals surface area contributed by atoms with E-state index in [1.807, 2.05) is 0 Å². The number of halogens is 1. The minimum atomic E-state index is -0.851. The zero-order valence-corrected chi connectivity index (χ0v) is 7.24. The fraction of sp³-hybridized carbons (Fsp3) is 0.333. The van der Waals surface area contributed by atoms with Gasteiger partial charge >= 0.3 is 0 Å². The summed E-state index contributed by atoms with van der Waals surface area (Å²) in [6.07, 6.45) is -0.851.